The lowest BCUT2D eigenvalue weighted by Gasteiger charge is -2.33. The zero-order chi connectivity index (χ0) is 16.3. The average molecular weight is 308 g/mol. The van der Waals surface area contributed by atoms with E-state index in [2.05, 4.69) is 0 Å². The van der Waals surface area contributed by atoms with Gasteiger partial charge in [0, 0.05) is 25.1 Å². The minimum Gasteiger partial charge on any atom is -0.481 e. The molecule has 1 atom stereocenters. The number of carbonyl (C=O) groups is 2. The van der Waals surface area contributed by atoms with E-state index in [1.54, 1.807) is 6.92 Å². The third-order valence-electron chi connectivity index (χ3n) is 3.40. The largest absolute Gasteiger partial charge is 0.481 e. The Morgan fingerprint density at radius 2 is 2.23 bits per heavy atom. The Bertz CT molecular complexity index is 615. The number of ether oxygens (including phenoxy) is 1. The quantitative estimate of drug-likeness (QED) is 0.635. The SMILES string of the molecule is CCC1Oc2ccc([N+](=O)[O-])cc2N(CCCC(=O)O)C1=O. The molecule has 1 aromatic rings. The van der Waals surface area contributed by atoms with Gasteiger partial charge in [-0.2, -0.15) is 0 Å². The predicted molar refractivity (Wildman–Crippen MR) is 77.0 cm³/mol. The second kappa shape index (κ2) is 6.42. The highest BCUT2D eigenvalue weighted by Crippen LogP contribution is 2.37. The number of nitrogens with zero attached hydrogens (tertiary/aromatic N) is 2. The lowest BCUT2D eigenvalue weighted by Crippen LogP contribution is -2.46. The Labute approximate surface area is 126 Å². The van der Waals surface area contributed by atoms with Gasteiger partial charge in [0.2, 0.25) is 0 Å². The van der Waals surface area contributed by atoms with Crippen molar-refractivity contribution in [2.24, 2.45) is 0 Å². The average Bonchev–Trinajstić information content (AvgIpc) is 2.48. The summed E-state index contributed by atoms with van der Waals surface area (Å²) < 4.78 is 5.56. The normalized spacial score (nSPS) is 16.9. The number of carboxylic acids is 1. The van der Waals surface area contributed by atoms with Gasteiger partial charge in [0.15, 0.2) is 6.10 Å². The third-order valence-corrected chi connectivity index (χ3v) is 3.40. The lowest BCUT2D eigenvalue weighted by molar-refractivity contribution is -0.384. The number of aliphatic carboxylic acids is 1. The minimum atomic E-state index is -0.952. The van der Waals surface area contributed by atoms with Crippen LogP contribution in [-0.4, -0.2) is 34.6 Å². The molecule has 1 amide bonds. The Morgan fingerprint density at radius 1 is 1.50 bits per heavy atom. The third kappa shape index (κ3) is 3.16. The van der Waals surface area contributed by atoms with Crippen LogP contribution in [0.1, 0.15) is 26.2 Å². The molecule has 8 nitrogen and oxygen atoms in total. The maximum absolute atomic E-state index is 12.4. The van der Waals surface area contributed by atoms with Crippen molar-refractivity contribution in [3.63, 3.8) is 0 Å². The molecule has 8 heteroatoms. The van der Waals surface area contributed by atoms with Crippen LogP contribution in [0.15, 0.2) is 18.2 Å². The molecule has 0 bridgehead atoms. The predicted octanol–water partition coefficient (Wildman–Crippen LogP) is 1.96. The van der Waals surface area contributed by atoms with Gasteiger partial charge in [-0.25, -0.2) is 0 Å². The number of carbonyl (C=O) groups excluding carboxylic acids is 1. The van der Waals surface area contributed by atoms with E-state index in [1.807, 2.05) is 0 Å². The first-order valence-corrected chi connectivity index (χ1v) is 6.92. The number of anilines is 1. The van der Waals surface area contributed by atoms with E-state index in [4.69, 9.17) is 9.84 Å². The van der Waals surface area contributed by atoms with E-state index < -0.39 is 17.0 Å². The Kier molecular flexibility index (Phi) is 4.59. The van der Waals surface area contributed by atoms with E-state index in [-0.39, 0.29) is 31.0 Å². The van der Waals surface area contributed by atoms with E-state index >= 15 is 0 Å². The smallest absolute Gasteiger partial charge is 0.303 e. The highest BCUT2D eigenvalue weighted by molar-refractivity contribution is 6.00. The number of nitro groups is 1. The first-order valence-electron chi connectivity index (χ1n) is 6.92. The van der Waals surface area contributed by atoms with Crippen molar-refractivity contribution in [1.29, 1.82) is 0 Å². The summed E-state index contributed by atoms with van der Waals surface area (Å²) in [6.45, 7) is 1.98. The van der Waals surface area contributed by atoms with Crippen molar-refractivity contribution in [1.82, 2.24) is 0 Å². The fourth-order valence-corrected chi connectivity index (χ4v) is 2.30. The van der Waals surface area contributed by atoms with Crippen LogP contribution in [0.3, 0.4) is 0 Å². The number of amides is 1. The minimum absolute atomic E-state index is 0.0777. The first-order chi connectivity index (χ1) is 10.4. The monoisotopic (exact) mass is 308 g/mol. The molecule has 2 rings (SSSR count). The van der Waals surface area contributed by atoms with Crippen molar-refractivity contribution in [3.8, 4) is 5.75 Å². The van der Waals surface area contributed by atoms with Gasteiger partial charge >= 0.3 is 5.97 Å². The molecule has 0 fully saturated rings. The van der Waals surface area contributed by atoms with Crippen molar-refractivity contribution in [2.75, 3.05) is 11.4 Å². The molecule has 1 aliphatic heterocycles. The van der Waals surface area contributed by atoms with Gasteiger partial charge in [0.25, 0.3) is 11.6 Å². The van der Waals surface area contributed by atoms with Crippen LogP contribution in [0.4, 0.5) is 11.4 Å². The summed E-state index contributed by atoms with van der Waals surface area (Å²) in [7, 11) is 0. The number of nitro benzene ring substituents is 1. The highest BCUT2D eigenvalue weighted by atomic mass is 16.6. The molecule has 0 spiro atoms. The van der Waals surface area contributed by atoms with Crippen LogP contribution >= 0.6 is 0 Å². The van der Waals surface area contributed by atoms with Crippen molar-refractivity contribution >= 4 is 23.3 Å². The van der Waals surface area contributed by atoms with E-state index in [0.717, 1.165) is 0 Å². The van der Waals surface area contributed by atoms with Gasteiger partial charge in [0.1, 0.15) is 5.75 Å². The maximum Gasteiger partial charge on any atom is 0.303 e. The Balaban J connectivity index is 2.32. The summed E-state index contributed by atoms with van der Waals surface area (Å²) in [6.07, 6.45) is -0.00507. The van der Waals surface area contributed by atoms with Gasteiger partial charge in [-0.05, 0) is 18.9 Å². The Morgan fingerprint density at radius 3 is 2.82 bits per heavy atom. The molecule has 22 heavy (non-hydrogen) atoms. The fraction of sp³-hybridized carbons (Fsp3) is 0.429. The van der Waals surface area contributed by atoms with Crippen LogP contribution < -0.4 is 9.64 Å². The first kappa shape index (κ1) is 15.7. The van der Waals surface area contributed by atoms with Gasteiger partial charge in [0.05, 0.1) is 10.6 Å². The van der Waals surface area contributed by atoms with E-state index in [9.17, 15) is 19.7 Å². The number of benzene rings is 1. The molecule has 1 unspecified atom stereocenters. The molecule has 0 saturated carbocycles. The van der Waals surface area contributed by atoms with Crippen LogP contribution in [0.2, 0.25) is 0 Å². The second-order valence-corrected chi connectivity index (χ2v) is 4.91. The van der Waals surface area contributed by atoms with Crippen molar-refractivity contribution in [3.05, 3.63) is 28.3 Å². The summed E-state index contributed by atoms with van der Waals surface area (Å²) in [5, 5.41) is 19.6. The number of fused-ring (bicyclic) bond motifs is 1. The summed E-state index contributed by atoms with van der Waals surface area (Å²) in [5.74, 6) is -0.861. The topological polar surface area (TPSA) is 110 Å². The van der Waals surface area contributed by atoms with Crippen LogP contribution in [0, 0.1) is 10.1 Å². The number of non-ortho nitro benzene ring substituents is 1. The van der Waals surface area contributed by atoms with E-state index in [0.29, 0.717) is 17.9 Å². The number of rotatable bonds is 6. The molecule has 1 heterocycles. The van der Waals surface area contributed by atoms with Gasteiger partial charge in [-0.1, -0.05) is 6.92 Å². The van der Waals surface area contributed by atoms with Crippen LogP contribution in [0.5, 0.6) is 5.75 Å². The molecular formula is C14H16N2O6. The lowest BCUT2D eigenvalue weighted by atomic mass is 10.1. The van der Waals surface area contributed by atoms with Gasteiger partial charge < -0.3 is 14.7 Å². The summed E-state index contributed by atoms with van der Waals surface area (Å²) in [4.78, 5) is 34.7. The summed E-state index contributed by atoms with van der Waals surface area (Å²) in [5.41, 5.74) is 0.169. The zero-order valence-electron chi connectivity index (χ0n) is 12.0. The molecular weight excluding hydrogens is 292 g/mol. The van der Waals surface area contributed by atoms with E-state index in [1.165, 1.54) is 23.1 Å². The van der Waals surface area contributed by atoms with Gasteiger partial charge in [-0.3, -0.25) is 19.7 Å². The molecule has 1 aliphatic rings. The molecule has 0 saturated heterocycles. The molecule has 0 aliphatic carbocycles. The molecule has 0 aromatic heterocycles. The zero-order valence-corrected chi connectivity index (χ0v) is 12.0. The summed E-state index contributed by atoms with van der Waals surface area (Å²) >= 11 is 0. The fourth-order valence-electron chi connectivity index (χ4n) is 2.30. The Hall–Kier alpha value is -2.64. The van der Waals surface area contributed by atoms with Crippen molar-refractivity contribution < 1.29 is 24.4 Å². The van der Waals surface area contributed by atoms with Crippen LogP contribution in [0.25, 0.3) is 0 Å². The number of carboxylic acid groups (broad SMARTS) is 1. The van der Waals surface area contributed by atoms with Gasteiger partial charge in [-0.15, -0.1) is 0 Å². The molecule has 1 aromatic carbocycles. The highest BCUT2D eigenvalue weighted by Gasteiger charge is 2.34. The molecule has 118 valence electrons. The standard InChI is InChI=1S/C14H16N2O6/c1-2-11-14(19)15(7-3-4-13(17)18)10-8-9(16(20)21)5-6-12(10)22-11/h5-6,8,11H,2-4,7H2,1H3,(H,17,18). The molecule has 1 N–H and O–H groups in total. The van der Waals surface area contributed by atoms with Crippen LogP contribution in [-0.2, 0) is 9.59 Å². The number of hydrogen-bond acceptors (Lipinski definition) is 5. The second-order valence-electron chi connectivity index (χ2n) is 4.91. The maximum atomic E-state index is 12.4. The summed E-state index contributed by atoms with van der Waals surface area (Å²) in [6, 6.07) is 4.06. The number of hydrogen-bond donors (Lipinski definition) is 1. The molecule has 0 radical (unpaired) electrons. The van der Waals surface area contributed by atoms with Crippen molar-refractivity contribution in [2.45, 2.75) is 32.3 Å².